The van der Waals surface area contributed by atoms with Crippen molar-refractivity contribution in [1.29, 1.82) is 0 Å². The maximum absolute atomic E-state index is 10.5. The number of carbonyl (C=O) groups is 1. The van der Waals surface area contributed by atoms with E-state index in [9.17, 15) is 4.79 Å². The maximum atomic E-state index is 10.5. The van der Waals surface area contributed by atoms with E-state index < -0.39 is 0 Å². The molecule has 0 aliphatic heterocycles. The fraction of sp³-hybridized carbons (Fsp3) is 0. The molecule has 0 atom stereocenters. The maximum Gasteiger partial charge on any atom is 0.197 e. The molecule has 0 fully saturated rings. The van der Waals surface area contributed by atoms with Gasteiger partial charge >= 0.3 is 0 Å². The van der Waals surface area contributed by atoms with Gasteiger partial charge in [0.1, 0.15) is 6.33 Å². The molecule has 2 rings (SSSR count). The highest BCUT2D eigenvalue weighted by Gasteiger charge is 2.04. The van der Waals surface area contributed by atoms with E-state index in [1.807, 2.05) is 6.07 Å². The van der Waals surface area contributed by atoms with Gasteiger partial charge in [-0.2, -0.15) is 9.78 Å². The van der Waals surface area contributed by atoms with Crippen LogP contribution in [0, 0.1) is 0 Å². The summed E-state index contributed by atoms with van der Waals surface area (Å²) < 4.78 is 1.38. The van der Waals surface area contributed by atoms with Gasteiger partial charge in [0.2, 0.25) is 0 Å². The Morgan fingerprint density at radius 3 is 2.92 bits per heavy atom. The molecular weight excluding hydrogens is 168 g/mol. The Bertz CT molecular complexity index is 409. The van der Waals surface area contributed by atoms with Gasteiger partial charge in [0.05, 0.1) is 0 Å². The lowest BCUT2D eigenvalue weighted by Crippen LogP contribution is -2.03. The Hall–Kier alpha value is -2.04. The Morgan fingerprint density at radius 1 is 1.31 bits per heavy atom. The van der Waals surface area contributed by atoms with Crippen molar-refractivity contribution in [2.24, 2.45) is 0 Å². The van der Waals surface area contributed by atoms with Crippen LogP contribution in [0.25, 0.3) is 5.82 Å². The zero-order valence-electron chi connectivity index (χ0n) is 6.66. The number of aromatic nitrogens is 4. The predicted octanol–water partition coefficient (Wildman–Crippen LogP) is 0.475. The summed E-state index contributed by atoms with van der Waals surface area (Å²) in [6, 6.07) is 5.36. The number of aldehydes is 1. The molecular formula is C8H6N4O. The molecule has 0 aromatic carbocycles. The van der Waals surface area contributed by atoms with Crippen LogP contribution in [0.3, 0.4) is 0 Å². The third-order valence-corrected chi connectivity index (χ3v) is 1.55. The van der Waals surface area contributed by atoms with Crippen molar-refractivity contribution in [2.45, 2.75) is 0 Å². The van der Waals surface area contributed by atoms with Gasteiger partial charge in [-0.15, -0.1) is 0 Å². The van der Waals surface area contributed by atoms with Crippen molar-refractivity contribution in [3.05, 3.63) is 36.5 Å². The number of carbonyl (C=O) groups excluding carboxylic acids is 1. The standard InChI is InChI=1S/C8H6N4O/c13-5-8-10-6-11-12(8)7-3-1-2-4-9-7/h1-6H. The first-order chi connectivity index (χ1) is 6.42. The highest BCUT2D eigenvalue weighted by Crippen LogP contribution is 2.01. The second-order valence-corrected chi connectivity index (χ2v) is 2.34. The minimum Gasteiger partial charge on any atom is -0.294 e. The minimum absolute atomic E-state index is 0.249. The third kappa shape index (κ3) is 1.31. The minimum atomic E-state index is 0.249. The van der Waals surface area contributed by atoms with E-state index >= 15 is 0 Å². The molecule has 0 amide bonds. The van der Waals surface area contributed by atoms with Gasteiger partial charge in [-0.25, -0.2) is 9.97 Å². The highest BCUT2D eigenvalue weighted by atomic mass is 16.1. The molecule has 0 radical (unpaired) electrons. The Balaban J connectivity index is 2.52. The molecule has 0 saturated carbocycles. The van der Waals surface area contributed by atoms with Crippen molar-refractivity contribution in [2.75, 3.05) is 0 Å². The van der Waals surface area contributed by atoms with Crippen LogP contribution in [-0.4, -0.2) is 26.0 Å². The SMILES string of the molecule is O=Cc1ncnn1-c1ccccn1. The zero-order valence-corrected chi connectivity index (χ0v) is 6.66. The normalized spacial score (nSPS) is 9.85. The van der Waals surface area contributed by atoms with Crippen LogP contribution in [0.5, 0.6) is 0 Å². The summed E-state index contributed by atoms with van der Waals surface area (Å²) in [7, 11) is 0. The summed E-state index contributed by atoms with van der Waals surface area (Å²) in [6.07, 6.45) is 3.59. The van der Waals surface area contributed by atoms with Crippen LogP contribution < -0.4 is 0 Å². The van der Waals surface area contributed by atoms with Gasteiger partial charge in [-0.1, -0.05) is 6.07 Å². The van der Waals surface area contributed by atoms with Gasteiger partial charge in [-0.3, -0.25) is 4.79 Å². The van der Waals surface area contributed by atoms with E-state index in [1.165, 1.54) is 11.0 Å². The molecule has 2 heterocycles. The van der Waals surface area contributed by atoms with E-state index in [2.05, 4.69) is 15.1 Å². The van der Waals surface area contributed by atoms with Crippen LogP contribution in [0.4, 0.5) is 0 Å². The first-order valence-corrected chi connectivity index (χ1v) is 3.68. The molecule has 2 aromatic rings. The molecule has 5 heteroatoms. The van der Waals surface area contributed by atoms with Crippen molar-refractivity contribution >= 4 is 6.29 Å². The molecule has 0 unspecified atom stereocenters. The molecule has 0 spiro atoms. The molecule has 0 aliphatic carbocycles. The number of nitrogens with zero attached hydrogens (tertiary/aromatic N) is 4. The lowest BCUT2D eigenvalue weighted by Gasteiger charge is -1.98. The molecule has 0 saturated heterocycles. The van der Waals surface area contributed by atoms with E-state index in [0.717, 1.165) is 0 Å². The number of hydrogen-bond donors (Lipinski definition) is 0. The van der Waals surface area contributed by atoms with Crippen molar-refractivity contribution in [3.63, 3.8) is 0 Å². The third-order valence-electron chi connectivity index (χ3n) is 1.55. The number of rotatable bonds is 2. The van der Waals surface area contributed by atoms with Crippen LogP contribution in [-0.2, 0) is 0 Å². The molecule has 5 nitrogen and oxygen atoms in total. The molecule has 2 aromatic heterocycles. The average Bonchev–Trinajstić information content (AvgIpc) is 2.67. The molecule has 0 aliphatic rings. The average molecular weight is 174 g/mol. The second-order valence-electron chi connectivity index (χ2n) is 2.34. The number of pyridine rings is 1. The molecule has 0 bridgehead atoms. The molecule has 13 heavy (non-hydrogen) atoms. The van der Waals surface area contributed by atoms with Gasteiger partial charge in [0.25, 0.3) is 0 Å². The zero-order chi connectivity index (χ0) is 9.10. The highest BCUT2D eigenvalue weighted by molar-refractivity contribution is 5.69. The lowest BCUT2D eigenvalue weighted by atomic mass is 10.4. The predicted molar refractivity (Wildman–Crippen MR) is 44.5 cm³/mol. The first kappa shape index (κ1) is 7.60. The van der Waals surface area contributed by atoms with E-state index in [-0.39, 0.29) is 5.82 Å². The smallest absolute Gasteiger partial charge is 0.197 e. The van der Waals surface area contributed by atoms with Crippen LogP contribution >= 0.6 is 0 Å². The summed E-state index contributed by atoms with van der Waals surface area (Å²) in [4.78, 5) is 18.3. The lowest BCUT2D eigenvalue weighted by molar-refractivity contribution is 0.111. The molecule has 64 valence electrons. The van der Waals surface area contributed by atoms with E-state index in [1.54, 1.807) is 18.3 Å². The number of hydrogen-bond acceptors (Lipinski definition) is 4. The van der Waals surface area contributed by atoms with Gasteiger partial charge < -0.3 is 0 Å². The summed E-state index contributed by atoms with van der Waals surface area (Å²) in [5, 5.41) is 3.87. The summed E-state index contributed by atoms with van der Waals surface area (Å²) >= 11 is 0. The van der Waals surface area contributed by atoms with Gasteiger partial charge in [0.15, 0.2) is 17.9 Å². The van der Waals surface area contributed by atoms with Crippen molar-refractivity contribution in [1.82, 2.24) is 19.7 Å². The second kappa shape index (κ2) is 3.14. The fourth-order valence-electron chi connectivity index (χ4n) is 0.986. The van der Waals surface area contributed by atoms with Crippen LogP contribution in [0.1, 0.15) is 10.6 Å². The first-order valence-electron chi connectivity index (χ1n) is 3.68. The van der Waals surface area contributed by atoms with E-state index in [4.69, 9.17) is 0 Å². The topological polar surface area (TPSA) is 60.7 Å². The Labute approximate surface area is 74.1 Å². The fourth-order valence-corrected chi connectivity index (χ4v) is 0.986. The Morgan fingerprint density at radius 2 is 2.23 bits per heavy atom. The summed E-state index contributed by atoms with van der Waals surface area (Å²) in [6.45, 7) is 0. The van der Waals surface area contributed by atoms with Crippen LogP contribution in [0.15, 0.2) is 30.7 Å². The van der Waals surface area contributed by atoms with Gasteiger partial charge in [0, 0.05) is 6.20 Å². The Kier molecular flexibility index (Phi) is 1.84. The monoisotopic (exact) mass is 174 g/mol. The molecule has 0 N–H and O–H groups in total. The van der Waals surface area contributed by atoms with Crippen molar-refractivity contribution < 1.29 is 4.79 Å². The quantitative estimate of drug-likeness (QED) is 0.621. The largest absolute Gasteiger partial charge is 0.294 e. The van der Waals surface area contributed by atoms with Crippen LogP contribution in [0.2, 0.25) is 0 Å². The summed E-state index contributed by atoms with van der Waals surface area (Å²) in [5.74, 6) is 0.834. The van der Waals surface area contributed by atoms with Crippen molar-refractivity contribution in [3.8, 4) is 5.82 Å². The summed E-state index contributed by atoms with van der Waals surface area (Å²) in [5.41, 5.74) is 0. The van der Waals surface area contributed by atoms with E-state index in [0.29, 0.717) is 12.1 Å². The van der Waals surface area contributed by atoms with Gasteiger partial charge in [-0.05, 0) is 12.1 Å².